The van der Waals surface area contributed by atoms with E-state index in [9.17, 15) is 4.79 Å². The molecule has 0 aliphatic carbocycles. The average molecular weight is 310 g/mol. The van der Waals surface area contributed by atoms with Gasteiger partial charge in [0.15, 0.2) is 0 Å². The molecular formula is C14H16ClN3OS. The highest BCUT2D eigenvalue weighted by molar-refractivity contribution is 8.15. The van der Waals surface area contributed by atoms with Crippen LogP contribution < -0.4 is 5.43 Å². The smallest absolute Gasteiger partial charge is 0.253 e. The first-order chi connectivity index (χ1) is 9.69. The van der Waals surface area contributed by atoms with Gasteiger partial charge in [-0.3, -0.25) is 4.79 Å². The van der Waals surface area contributed by atoms with Crippen LogP contribution in [0.1, 0.15) is 31.7 Å². The third kappa shape index (κ3) is 4.35. The van der Waals surface area contributed by atoms with Gasteiger partial charge in [0.1, 0.15) is 0 Å². The Kier molecular flexibility index (Phi) is 5.61. The summed E-state index contributed by atoms with van der Waals surface area (Å²) < 4.78 is 0. The topological polar surface area (TPSA) is 53.8 Å². The van der Waals surface area contributed by atoms with Crippen LogP contribution in [0.3, 0.4) is 0 Å². The number of aliphatic imine (C=N–C) groups is 1. The van der Waals surface area contributed by atoms with Crippen LogP contribution in [-0.4, -0.2) is 22.5 Å². The minimum absolute atomic E-state index is 0.0334. The summed E-state index contributed by atoms with van der Waals surface area (Å²) in [7, 11) is 0. The molecule has 1 N–H and O–H groups in total. The molecule has 4 nitrogen and oxygen atoms in total. The van der Waals surface area contributed by atoms with E-state index in [1.165, 1.54) is 11.8 Å². The van der Waals surface area contributed by atoms with Gasteiger partial charge in [-0.2, -0.15) is 0 Å². The summed E-state index contributed by atoms with van der Waals surface area (Å²) in [4.78, 5) is 16.0. The number of hydrazone groups is 1. The Morgan fingerprint density at radius 3 is 2.90 bits per heavy atom. The molecule has 1 atom stereocenters. The summed E-state index contributed by atoms with van der Waals surface area (Å²) in [6, 6.07) is 7.38. The predicted molar refractivity (Wildman–Crippen MR) is 85.5 cm³/mol. The van der Waals surface area contributed by atoms with E-state index in [2.05, 4.69) is 22.4 Å². The SMILES string of the molecule is CCCC[C@@H]1SC(N=Cc2ccc(Cl)cc2)=NNC1=O. The number of nitrogens with one attached hydrogen (secondary N) is 1. The number of hydrogen-bond donors (Lipinski definition) is 1. The first-order valence-electron chi connectivity index (χ1n) is 6.53. The molecular weight excluding hydrogens is 294 g/mol. The first kappa shape index (κ1) is 15.1. The Balaban J connectivity index is 1.98. The van der Waals surface area contributed by atoms with Crippen molar-refractivity contribution in [3.63, 3.8) is 0 Å². The minimum atomic E-state index is -0.0928. The Morgan fingerprint density at radius 1 is 1.45 bits per heavy atom. The van der Waals surface area contributed by atoms with Crippen molar-refractivity contribution >= 4 is 40.7 Å². The summed E-state index contributed by atoms with van der Waals surface area (Å²) in [5.41, 5.74) is 3.47. The van der Waals surface area contributed by atoms with Gasteiger partial charge >= 0.3 is 0 Å². The van der Waals surface area contributed by atoms with Gasteiger partial charge in [0.25, 0.3) is 5.91 Å². The molecule has 6 heteroatoms. The van der Waals surface area contributed by atoms with E-state index in [-0.39, 0.29) is 11.2 Å². The second-order valence-electron chi connectivity index (χ2n) is 4.43. The lowest BCUT2D eigenvalue weighted by molar-refractivity contribution is -0.120. The van der Waals surface area contributed by atoms with Gasteiger partial charge in [0, 0.05) is 11.2 Å². The van der Waals surface area contributed by atoms with E-state index in [1.807, 2.05) is 24.3 Å². The summed E-state index contributed by atoms with van der Waals surface area (Å²) in [5.74, 6) is -0.0334. The Hall–Kier alpha value is -1.33. The Bertz CT molecular complexity index is 528. The molecule has 0 radical (unpaired) electrons. The second-order valence-corrected chi connectivity index (χ2v) is 6.04. The maximum atomic E-state index is 11.7. The van der Waals surface area contributed by atoms with Crippen molar-refractivity contribution < 1.29 is 4.79 Å². The number of amides is 1. The number of amidine groups is 1. The molecule has 0 bridgehead atoms. The van der Waals surface area contributed by atoms with Gasteiger partial charge in [-0.25, -0.2) is 10.4 Å². The molecule has 0 aromatic heterocycles. The summed E-state index contributed by atoms with van der Waals surface area (Å²) in [5, 5.41) is 5.14. The van der Waals surface area contributed by atoms with E-state index in [0.717, 1.165) is 24.8 Å². The van der Waals surface area contributed by atoms with Gasteiger partial charge in [-0.05, 0) is 24.1 Å². The highest BCUT2D eigenvalue weighted by Crippen LogP contribution is 2.23. The van der Waals surface area contributed by atoms with Crippen LogP contribution in [0.25, 0.3) is 0 Å². The van der Waals surface area contributed by atoms with Crippen molar-refractivity contribution in [1.29, 1.82) is 0 Å². The van der Waals surface area contributed by atoms with Crippen molar-refractivity contribution in [2.75, 3.05) is 0 Å². The maximum Gasteiger partial charge on any atom is 0.253 e. The summed E-state index contributed by atoms with van der Waals surface area (Å²) in [6.07, 6.45) is 4.67. The van der Waals surface area contributed by atoms with Crippen LogP contribution in [0, 0.1) is 0 Å². The molecule has 1 heterocycles. The zero-order valence-corrected chi connectivity index (χ0v) is 12.7. The first-order valence-corrected chi connectivity index (χ1v) is 7.78. The molecule has 1 aliphatic rings. The molecule has 1 aromatic carbocycles. The van der Waals surface area contributed by atoms with Crippen molar-refractivity contribution in [2.45, 2.75) is 31.4 Å². The maximum absolute atomic E-state index is 11.7. The fourth-order valence-electron chi connectivity index (χ4n) is 1.70. The minimum Gasteiger partial charge on any atom is -0.272 e. The zero-order valence-electron chi connectivity index (χ0n) is 11.2. The lowest BCUT2D eigenvalue weighted by atomic mass is 10.2. The van der Waals surface area contributed by atoms with Crippen molar-refractivity contribution in [3.05, 3.63) is 34.9 Å². The summed E-state index contributed by atoms with van der Waals surface area (Å²) in [6.45, 7) is 2.11. The molecule has 0 saturated carbocycles. The lowest BCUT2D eigenvalue weighted by Gasteiger charge is -2.18. The molecule has 106 valence electrons. The van der Waals surface area contributed by atoms with Crippen LogP contribution in [0.15, 0.2) is 34.4 Å². The monoisotopic (exact) mass is 309 g/mol. The fraction of sp³-hybridized carbons (Fsp3) is 0.357. The number of halogens is 1. The van der Waals surface area contributed by atoms with Crippen LogP contribution >= 0.6 is 23.4 Å². The van der Waals surface area contributed by atoms with Crippen LogP contribution in [0.4, 0.5) is 0 Å². The second kappa shape index (κ2) is 7.45. The quantitative estimate of drug-likeness (QED) is 0.866. The highest BCUT2D eigenvalue weighted by Gasteiger charge is 2.24. The van der Waals surface area contributed by atoms with E-state index in [4.69, 9.17) is 11.6 Å². The number of hydrogen-bond acceptors (Lipinski definition) is 4. The van der Waals surface area contributed by atoms with Gasteiger partial charge in [-0.1, -0.05) is 55.3 Å². The standard InChI is InChI=1S/C14H16ClN3OS/c1-2-3-4-12-13(19)17-18-14(20-12)16-9-10-5-7-11(15)8-6-10/h5-9,12H,2-4H2,1H3,(H,17,19)/t12-/m0/s1. The average Bonchev–Trinajstić information content (AvgIpc) is 2.46. The molecule has 20 heavy (non-hydrogen) atoms. The highest BCUT2D eigenvalue weighted by atomic mass is 35.5. The fourth-order valence-corrected chi connectivity index (χ4v) is 2.74. The van der Waals surface area contributed by atoms with Crippen molar-refractivity contribution in [3.8, 4) is 0 Å². The lowest BCUT2D eigenvalue weighted by Crippen LogP contribution is -2.34. The van der Waals surface area contributed by atoms with Gasteiger partial charge in [0.2, 0.25) is 5.17 Å². The third-order valence-corrected chi connectivity index (χ3v) is 4.21. The van der Waals surface area contributed by atoms with Gasteiger partial charge in [-0.15, -0.1) is 5.10 Å². The number of benzene rings is 1. The number of carbonyl (C=O) groups excluding carboxylic acids is 1. The number of nitrogens with zero attached hydrogens (tertiary/aromatic N) is 2. The van der Waals surface area contributed by atoms with Crippen molar-refractivity contribution in [1.82, 2.24) is 5.43 Å². The molecule has 1 amide bonds. The van der Waals surface area contributed by atoms with Gasteiger partial charge < -0.3 is 0 Å². The third-order valence-electron chi connectivity index (χ3n) is 2.82. The largest absolute Gasteiger partial charge is 0.272 e. The van der Waals surface area contributed by atoms with Gasteiger partial charge in [0.05, 0.1) is 5.25 Å². The Labute approximate surface area is 127 Å². The molecule has 0 spiro atoms. The summed E-state index contributed by atoms with van der Waals surface area (Å²) >= 11 is 7.24. The van der Waals surface area contributed by atoms with E-state index < -0.39 is 0 Å². The molecule has 1 aliphatic heterocycles. The van der Waals surface area contributed by atoms with E-state index >= 15 is 0 Å². The zero-order chi connectivity index (χ0) is 14.4. The van der Waals surface area contributed by atoms with Crippen LogP contribution in [-0.2, 0) is 4.79 Å². The molecule has 1 aromatic rings. The van der Waals surface area contributed by atoms with E-state index in [1.54, 1.807) is 6.21 Å². The molecule has 0 unspecified atom stereocenters. The van der Waals surface area contributed by atoms with E-state index in [0.29, 0.717) is 10.2 Å². The number of thioether (sulfide) groups is 1. The number of rotatable bonds is 4. The van der Waals surface area contributed by atoms with Crippen LogP contribution in [0.2, 0.25) is 5.02 Å². The molecule has 0 saturated heterocycles. The normalized spacial score (nSPS) is 19.0. The Morgan fingerprint density at radius 2 is 2.20 bits per heavy atom. The molecule has 0 fully saturated rings. The van der Waals surface area contributed by atoms with Crippen LogP contribution in [0.5, 0.6) is 0 Å². The predicted octanol–water partition coefficient (Wildman–Crippen LogP) is 3.45. The number of unbranched alkanes of at least 4 members (excludes halogenated alkanes) is 1. The molecule has 2 rings (SSSR count). The number of carbonyl (C=O) groups is 1. The van der Waals surface area contributed by atoms with Crippen molar-refractivity contribution in [2.24, 2.45) is 10.1 Å².